The lowest BCUT2D eigenvalue weighted by Crippen LogP contribution is -2.51. The van der Waals surface area contributed by atoms with Crippen LogP contribution in [0.2, 0.25) is 0 Å². The number of esters is 1. The molecule has 138 valence electrons. The normalized spacial score (nSPS) is 17.2. The second kappa shape index (κ2) is 7.84. The maximum absolute atomic E-state index is 12.4. The van der Waals surface area contributed by atoms with Crippen molar-refractivity contribution in [2.45, 2.75) is 32.5 Å². The van der Waals surface area contributed by atoms with Crippen LogP contribution in [-0.2, 0) is 14.3 Å². The molecule has 0 spiro atoms. The third-order valence-electron chi connectivity index (χ3n) is 3.90. The number of hydrogen-bond acceptors (Lipinski definition) is 6. The fourth-order valence-electron chi connectivity index (χ4n) is 2.65. The van der Waals surface area contributed by atoms with E-state index >= 15 is 0 Å². The third kappa shape index (κ3) is 5.72. The van der Waals surface area contributed by atoms with Gasteiger partial charge in [-0.2, -0.15) is 0 Å². The molecule has 2 N–H and O–H groups in total. The number of aliphatic hydroxyl groups excluding tert-OH is 1. The van der Waals surface area contributed by atoms with Gasteiger partial charge in [-0.05, 0) is 38.5 Å². The van der Waals surface area contributed by atoms with Crippen LogP contribution in [0.1, 0.15) is 32.4 Å². The molecule has 1 aliphatic heterocycles. The summed E-state index contributed by atoms with van der Waals surface area (Å²) in [5, 5.41) is 19.5. The Labute approximate surface area is 147 Å². The smallest absolute Gasteiger partial charge is 0.320 e. The molecule has 1 aliphatic rings. The molecule has 0 aromatic heterocycles. The molecule has 7 heteroatoms. The van der Waals surface area contributed by atoms with Crippen molar-refractivity contribution in [3.05, 3.63) is 29.8 Å². The minimum absolute atomic E-state index is 0.0826. The number of phenols is 1. The van der Waals surface area contributed by atoms with E-state index < -0.39 is 11.7 Å². The molecule has 2 rings (SSSR count). The Bertz CT molecular complexity index is 601. The molecule has 1 aromatic carbocycles. The van der Waals surface area contributed by atoms with Gasteiger partial charge in [-0.1, -0.05) is 12.1 Å². The van der Waals surface area contributed by atoms with Crippen molar-refractivity contribution in [3.63, 3.8) is 0 Å². The van der Waals surface area contributed by atoms with Crippen LogP contribution >= 0.6 is 0 Å². The van der Waals surface area contributed by atoms with Crippen LogP contribution in [0.4, 0.5) is 0 Å². The maximum Gasteiger partial charge on any atom is 0.320 e. The zero-order valence-corrected chi connectivity index (χ0v) is 14.9. The predicted molar refractivity (Wildman–Crippen MR) is 91.9 cm³/mol. The molecule has 0 aliphatic carbocycles. The summed E-state index contributed by atoms with van der Waals surface area (Å²) in [7, 11) is 0. The number of hydrogen-bond donors (Lipinski definition) is 2. The average molecular weight is 350 g/mol. The molecule has 1 fully saturated rings. The Hall–Kier alpha value is -2.12. The van der Waals surface area contributed by atoms with Crippen LogP contribution in [0.3, 0.4) is 0 Å². The predicted octanol–water partition coefficient (Wildman–Crippen LogP) is 0.911. The van der Waals surface area contributed by atoms with Crippen molar-refractivity contribution in [1.29, 1.82) is 0 Å². The molecule has 1 heterocycles. The van der Waals surface area contributed by atoms with Gasteiger partial charge in [0.1, 0.15) is 11.4 Å². The van der Waals surface area contributed by atoms with Crippen LogP contribution < -0.4 is 0 Å². The number of ether oxygens (including phenoxy) is 1. The number of phenolic OH excluding ortho intramolecular Hbond substituents is 1. The zero-order valence-electron chi connectivity index (χ0n) is 14.9. The van der Waals surface area contributed by atoms with Gasteiger partial charge in [-0.3, -0.25) is 14.5 Å². The Morgan fingerprint density at radius 2 is 1.68 bits per heavy atom. The molecular weight excluding hydrogens is 324 g/mol. The zero-order chi connectivity index (χ0) is 18.6. The molecule has 1 unspecified atom stereocenters. The summed E-state index contributed by atoms with van der Waals surface area (Å²) in [5.41, 5.74) is -0.0673. The van der Waals surface area contributed by atoms with E-state index in [2.05, 4.69) is 0 Å². The fraction of sp³-hybridized carbons (Fsp3) is 0.556. The summed E-state index contributed by atoms with van der Waals surface area (Å²) < 4.78 is 5.30. The van der Waals surface area contributed by atoms with Gasteiger partial charge in [-0.15, -0.1) is 0 Å². The van der Waals surface area contributed by atoms with Crippen LogP contribution in [0, 0.1) is 0 Å². The first kappa shape index (κ1) is 19.2. The lowest BCUT2D eigenvalue weighted by Gasteiger charge is -2.35. The van der Waals surface area contributed by atoms with Crippen molar-refractivity contribution in [2.75, 3.05) is 32.7 Å². The highest BCUT2D eigenvalue weighted by molar-refractivity contribution is 5.82. The maximum atomic E-state index is 12.4. The highest BCUT2D eigenvalue weighted by Crippen LogP contribution is 2.19. The molecule has 0 bridgehead atoms. The molecule has 1 saturated heterocycles. The number of aromatic hydroxyl groups is 1. The molecule has 1 aromatic rings. The van der Waals surface area contributed by atoms with Gasteiger partial charge in [-0.25, -0.2) is 0 Å². The summed E-state index contributed by atoms with van der Waals surface area (Å²) in [6, 6.07) is 5.92. The van der Waals surface area contributed by atoms with E-state index in [1.165, 1.54) is 24.3 Å². The van der Waals surface area contributed by atoms with Crippen molar-refractivity contribution in [1.82, 2.24) is 9.80 Å². The van der Waals surface area contributed by atoms with E-state index in [0.717, 1.165) is 0 Å². The standard InChI is InChI=1S/C18H26N2O5/c1-18(2,3)25-15(22)12-19-8-10-20(11-9-19)17(24)16(23)13-4-6-14(21)7-5-13/h4-7,16,21,23H,8-12H2,1-3H3. The second-order valence-electron chi connectivity index (χ2n) is 7.18. The average Bonchev–Trinajstić information content (AvgIpc) is 2.53. The molecule has 0 saturated carbocycles. The SMILES string of the molecule is CC(C)(C)OC(=O)CN1CCN(C(=O)C(O)c2ccc(O)cc2)CC1. The van der Waals surface area contributed by atoms with E-state index in [1.807, 2.05) is 25.7 Å². The third-order valence-corrected chi connectivity index (χ3v) is 3.90. The Balaban J connectivity index is 1.84. The highest BCUT2D eigenvalue weighted by atomic mass is 16.6. The molecule has 1 atom stereocenters. The topological polar surface area (TPSA) is 90.3 Å². The van der Waals surface area contributed by atoms with Gasteiger partial charge in [0.05, 0.1) is 6.54 Å². The Morgan fingerprint density at radius 1 is 1.12 bits per heavy atom. The van der Waals surface area contributed by atoms with Gasteiger partial charge in [0.15, 0.2) is 6.10 Å². The van der Waals surface area contributed by atoms with Crippen molar-refractivity contribution in [3.8, 4) is 5.75 Å². The van der Waals surface area contributed by atoms with Gasteiger partial charge in [0, 0.05) is 26.2 Å². The van der Waals surface area contributed by atoms with E-state index in [4.69, 9.17) is 4.74 Å². The summed E-state index contributed by atoms with van der Waals surface area (Å²) in [6.07, 6.45) is -1.25. The summed E-state index contributed by atoms with van der Waals surface area (Å²) in [6.45, 7) is 7.65. The van der Waals surface area contributed by atoms with Gasteiger partial charge in [0.25, 0.3) is 5.91 Å². The first-order valence-electron chi connectivity index (χ1n) is 8.36. The van der Waals surface area contributed by atoms with Crippen LogP contribution in [0.15, 0.2) is 24.3 Å². The number of aliphatic hydroxyl groups is 1. The first-order chi connectivity index (χ1) is 11.7. The lowest BCUT2D eigenvalue weighted by molar-refractivity contribution is -0.156. The van der Waals surface area contributed by atoms with Crippen molar-refractivity contribution < 1.29 is 24.5 Å². The number of nitrogens with zero attached hydrogens (tertiary/aromatic N) is 2. The molecule has 0 radical (unpaired) electrons. The molecule has 1 amide bonds. The molecule has 7 nitrogen and oxygen atoms in total. The van der Waals surface area contributed by atoms with Gasteiger partial charge in [0.2, 0.25) is 0 Å². The molecular formula is C18H26N2O5. The summed E-state index contributed by atoms with van der Waals surface area (Å²) >= 11 is 0. The number of carbonyl (C=O) groups is 2. The number of carbonyl (C=O) groups excluding carboxylic acids is 2. The van der Waals surface area contributed by atoms with Gasteiger partial charge >= 0.3 is 5.97 Å². The largest absolute Gasteiger partial charge is 0.508 e. The fourth-order valence-corrected chi connectivity index (χ4v) is 2.65. The number of rotatable bonds is 4. The monoisotopic (exact) mass is 350 g/mol. The summed E-state index contributed by atoms with van der Waals surface area (Å²) in [4.78, 5) is 27.8. The highest BCUT2D eigenvalue weighted by Gasteiger charge is 2.28. The summed E-state index contributed by atoms with van der Waals surface area (Å²) in [5.74, 6) is -0.571. The van der Waals surface area contributed by atoms with Crippen molar-refractivity contribution >= 4 is 11.9 Å². The first-order valence-corrected chi connectivity index (χ1v) is 8.36. The number of piperazine rings is 1. The van der Waals surface area contributed by atoms with E-state index in [9.17, 15) is 19.8 Å². The second-order valence-corrected chi connectivity index (χ2v) is 7.18. The van der Waals surface area contributed by atoms with E-state index in [0.29, 0.717) is 31.7 Å². The number of benzene rings is 1. The van der Waals surface area contributed by atoms with Crippen LogP contribution in [0.25, 0.3) is 0 Å². The lowest BCUT2D eigenvalue weighted by atomic mass is 10.1. The van der Waals surface area contributed by atoms with Gasteiger partial charge < -0.3 is 19.8 Å². The van der Waals surface area contributed by atoms with Crippen LogP contribution in [-0.4, -0.2) is 70.2 Å². The quantitative estimate of drug-likeness (QED) is 0.785. The van der Waals surface area contributed by atoms with E-state index in [-0.39, 0.29) is 24.2 Å². The Kier molecular flexibility index (Phi) is 6.02. The van der Waals surface area contributed by atoms with Crippen LogP contribution in [0.5, 0.6) is 5.75 Å². The molecule has 25 heavy (non-hydrogen) atoms. The van der Waals surface area contributed by atoms with Crippen molar-refractivity contribution in [2.24, 2.45) is 0 Å². The minimum Gasteiger partial charge on any atom is -0.508 e. The minimum atomic E-state index is -1.25. The van der Waals surface area contributed by atoms with E-state index in [1.54, 1.807) is 4.90 Å². The number of amides is 1. The Morgan fingerprint density at radius 3 is 2.20 bits per heavy atom.